The van der Waals surface area contributed by atoms with E-state index in [2.05, 4.69) is 0 Å². The maximum atomic E-state index is 15.8. The molecule has 0 spiro atoms. The lowest BCUT2D eigenvalue weighted by atomic mass is 9.90. The molecule has 2 aliphatic rings. The Bertz CT molecular complexity index is 1350. The second-order valence-electron chi connectivity index (χ2n) is 7.77. The first-order valence-electron chi connectivity index (χ1n) is 10.9. The Morgan fingerprint density at radius 1 is 1.12 bits per heavy atom. The predicted octanol–water partition coefficient (Wildman–Crippen LogP) is 5.31. The molecule has 0 aliphatic carbocycles. The van der Waals surface area contributed by atoms with Gasteiger partial charge < -0.3 is 27.1 Å². The predicted molar refractivity (Wildman–Crippen MR) is 131 cm³/mol. The summed E-state index contributed by atoms with van der Waals surface area (Å²) in [4.78, 5) is 12.2. The van der Waals surface area contributed by atoms with Crippen LogP contribution in [0.25, 0.3) is 18.2 Å². The molecule has 0 amide bonds. The molecule has 0 fully saturated rings. The summed E-state index contributed by atoms with van der Waals surface area (Å²) in [6.07, 6.45) is 8.72. The van der Waals surface area contributed by atoms with Crippen molar-refractivity contribution >= 4 is 48.2 Å². The number of ether oxygens (including phenoxy) is 2. The van der Waals surface area contributed by atoms with Crippen LogP contribution in [0.3, 0.4) is 0 Å². The number of carbonyl (C=O) groups is 1. The number of benzene rings is 1. The SMILES string of the molecule is CCOC(=O)COc1ccc(/C=C/c2ccc3n2[B-](F)(F)[N+]2=C(c4cccs4)C=CC2=C3)cc1. The summed E-state index contributed by atoms with van der Waals surface area (Å²) in [6, 6.07) is 14.2. The second kappa shape index (κ2) is 8.91. The first-order valence-corrected chi connectivity index (χ1v) is 11.8. The Morgan fingerprint density at radius 3 is 2.68 bits per heavy atom. The summed E-state index contributed by atoms with van der Waals surface area (Å²) >= 11 is 1.44. The van der Waals surface area contributed by atoms with Crippen LogP contribution < -0.4 is 4.74 Å². The molecule has 0 radical (unpaired) electrons. The van der Waals surface area contributed by atoms with Crippen LogP contribution in [0.5, 0.6) is 5.75 Å². The Labute approximate surface area is 199 Å². The number of hydrogen-bond acceptors (Lipinski definition) is 4. The first kappa shape index (κ1) is 22.1. The highest BCUT2D eigenvalue weighted by Gasteiger charge is 2.52. The molecule has 5 rings (SSSR count). The molecule has 5 nitrogen and oxygen atoms in total. The van der Waals surface area contributed by atoms with Gasteiger partial charge in [0.1, 0.15) is 5.75 Å². The zero-order valence-corrected chi connectivity index (χ0v) is 19.2. The van der Waals surface area contributed by atoms with Crippen LogP contribution in [0.15, 0.2) is 71.8 Å². The number of allylic oxidation sites excluding steroid dienone is 2. The van der Waals surface area contributed by atoms with Gasteiger partial charge in [-0.2, -0.15) is 0 Å². The van der Waals surface area contributed by atoms with Gasteiger partial charge in [0.15, 0.2) is 18.0 Å². The van der Waals surface area contributed by atoms with Crippen LogP contribution in [0, 0.1) is 0 Å². The lowest BCUT2D eigenvalue weighted by Crippen LogP contribution is -2.50. The molecule has 34 heavy (non-hydrogen) atoms. The van der Waals surface area contributed by atoms with E-state index in [0.717, 1.165) is 19.4 Å². The van der Waals surface area contributed by atoms with Crippen LogP contribution in [0.2, 0.25) is 0 Å². The molecule has 9 heteroatoms. The number of fused-ring (bicyclic) bond motifs is 2. The van der Waals surface area contributed by atoms with E-state index in [9.17, 15) is 4.79 Å². The van der Waals surface area contributed by atoms with Gasteiger partial charge in [0.25, 0.3) is 0 Å². The number of halogens is 2. The molecule has 0 unspecified atom stereocenters. The van der Waals surface area contributed by atoms with E-state index in [1.807, 2.05) is 17.5 Å². The molecular formula is C25H21BF2N2O3S. The summed E-state index contributed by atoms with van der Waals surface area (Å²) in [5.74, 6) is 0.0909. The number of thiophene rings is 1. The Hall–Kier alpha value is -3.72. The highest BCUT2D eigenvalue weighted by molar-refractivity contribution is 7.12. The molecule has 1 aromatic carbocycles. The van der Waals surface area contributed by atoms with Crippen molar-refractivity contribution in [2.75, 3.05) is 13.2 Å². The average Bonchev–Trinajstić information content (AvgIpc) is 3.57. The Balaban J connectivity index is 1.39. The zero-order valence-electron chi connectivity index (χ0n) is 18.4. The van der Waals surface area contributed by atoms with Crippen molar-refractivity contribution in [3.63, 3.8) is 0 Å². The lowest BCUT2D eigenvalue weighted by Gasteiger charge is -2.30. The first-order chi connectivity index (χ1) is 16.5. The van der Waals surface area contributed by atoms with E-state index in [0.29, 0.717) is 35.2 Å². The Kier molecular flexibility index (Phi) is 5.79. The molecule has 2 aromatic heterocycles. The molecule has 4 heterocycles. The summed E-state index contributed by atoms with van der Waals surface area (Å²) < 4.78 is 44.2. The molecule has 0 atom stereocenters. The summed E-state index contributed by atoms with van der Waals surface area (Å²) in [5.41, 5.74) is 2.70. The van der Waals surface area contributed by atoms with Gasteiger partial charge in [-0.1, -0.05) is 24.3 Å². The fourth-order valence-electron chi connectivity index (χ4n) is 4.11. The minimum Gasteiger partial charge on any atom is -0.482 e. The zero-order chi connectivity index (χ0) is 23.7. The number of nitrogens with zero attached hydrogens (tertiary/aromatic N) is 2. The molecule has 2 aliphatic heterocycles. The molecular weight excluding hydrogens is 457 g/mol. The monoisotopic (exact) mass is 478 g/mol. The van der Waals surface area contributed by atoms with E-state index in [-0.39, 0.29) is 6.61 Å². The highest BCUT2D eigenvalue weighted by Crippen LogP contribution is 2.34. The topological polar surface area (TPSA) is 43.5 Å². The van der Waals surface area contributed by atoms with Gasteiger partial charge >= 0.3 is 12.9 Å². The van der Waals surface area contributed by atoms with Crippen molar-refractivity contribution in [2.45, 2.75) is 6.92 Å². The molecule has 0 saturated heterocycles. The minimum absolute atomic E-state index is 0.165. The third kappa shape index (κ3) is 4.03. The van der Waals surface area contributed by atoms with Gasteiger partial charge in [-0.3, -0.25) is 0 Å². The molecule has 0 bridgehead atoms. The van der Waals surface area contributed by atoms with E-state index in [1.54, 1.807) is 73.7 Å². The summed E-state index contributed by atoms with van der Waals surface area (Å²) in [5, 5.41) is 1.88. The van der Waals surface area contributed by atoms with Gasteiger partial charge in [0.2, 0.25) is 0 Å². The third-order valence-corrected chi connectivity index (χ3v) is 6.50. The fourth-order valence-corrected chi connectivity index (χ4v) is 4.86. The van der Waals surface area contributed by atoms with Crippen molar-refractivity contribution in [3.05, 3.63) is 93.6 Å². The standard InChI is InChI=1S/C25H21BF2N2O3S/c1-2-32-25(31)17-33-22-12-6-18(7-13-22)5-8-19-9-10-20-16-21-11-14-23(24-4-3-15-34-24)30(21)26(27,28)29(19)20/h3-16H,2,17H2,1H3/b8-5+. The van der Waals surface area contributed by atoms with Gasteiger partial charge in [0, 0.05) is 29.6 Å². The molecule has 3 aromatic rings. The van der Waals surface area contributed by atoms with Gasteiger partial charge in [-0.05, 0) is 54.3 Å². The van der Waals surface area contributed by atoms with Crippen LogP contribution in [0.4, 0.5) is 8.63 Å². The van der Waals surface area contributed by atoms with E-state index in [1.165, 1.54) is 11.3 Å². The third-order valence-electron chi connectivity index (χ3n) is 5.61. The van der Waals surface area contributed by atoms with Gasteiger partial charge in [0.05, 0.1) is 11.5 Å². The smallest absolute Gasteiger partial charge is 0.482 e. The average molecular weight is 478 g/mol. The maximum absolute atomic E-state index is 15.8. The lowest BCUT2D eigenvalue weighted by molar-refractivity contribution is -0.360. The number of esters is 1. The van der Waals surface area contributed by atoms with Crippen molar-refractivity contribution in [1.82, 2.24) is 4.48 Å². The number of aromatic nitrogens is 1. The summed E-state index contributed by atoms with van der Waals surface area (Å²) in [7, 11) is 0. The molecule has 172 valence electrons. The minimum atomic E-state index is -4.07. The number of hydrogen-bond donors (Lipinski definition) is 0. The van der Waals surface area contributed by atoms with Crippen LogP contribution >= 0.6 is 11.3 Å². The largest absolute Gasteiger partial charge is 0.737 e. The van der Waals surface area contributed by atoms with E-state index >= 15 is 8.63 Å². The van der Waals surface area contributed by atoms with Crippen molar-refractivity contribution in [1.29, 1.82) is 0 Å². The van der Waals surface area contributed by atoms with E-state index < -0.39 is 12.9 Å². The van der Waals surface area contributed by atoms with Crippen molar-refractivity contribution in [3.8, 4) is 5.75 Å². The molecule has 0 saturated carbocycles. The highest BCUT2D eigenvalue weighted by atomic mass is 32.1. The number of carbonyl (C=O) groups excluding carboxylic acids is 1. The van der Waals surface area contributed by atoms with Gasteiger partial charge in [-0.25, -0.2) is 4.79 Å². The molecule has 0 N–H and O–H groups in total. The van der Waals surface area contributed by atoms with Crippen molar-refractivity contribution in [2.24, 2.45) is 0 Å². The Morgan fingerprint density at radius 2 is 1.94 bits per heavy atom. The fraction of sp³-hybridized carbons (Fsp3) is 0.120. The maximum Gasteiger partial charge on any atom is 0.737 e. The quantitative estimate of drug-likeness (QED) is 0.342. The second-order valence-corrected chi connectivity index (χ2v) is 8.72. The van der Waals surface area contributed by atoms with E-state index in [4.69, 9.17) is 9.47 Å². The van der Waals surface area contributed by atoms with Crippen molar-refractivity contribution < 1.29 is 27.4 Å². The summed E-state index contributed by atoms with van der Waals surface area (Å²) in [6.45, 7) is -2.20. The van der Waals surface area contributed by atoms with Crippen LogP contribution in [0.1, 0.15) is 28.8 Å². The normalized spacial score (nSPS) is 15.9. The van der Waals surface area contributed by atoms with Crippen LogP contribution in [-0.2, 0) is 9.53 Å². The van der Waals surface area contributed by atoms with Gasteiger partial charge in [-0.15, -0.1) is 11.3 Å². The van der Waals surface area contributed by atoms with Crippen LogP contribution in [-0.4, -0.2) is 40.8 Å². The number of rotatable bonds is 7.